The number of nitrogens with zero attached hydrogens (tertiary/aromatic N) is 1. The van der Waals surface area contributed by atoms with Gasteiger partial charge < -0.3 is 19.7 Å². The van der Waals surface area contributed by atoms with Gasteiger partial charge in [-0.2, -0.15) is 0 Å². The fourth-order valence-corrected chi connectivity index (χ4v) is 2.95. The summed E-state index contributed by atoms with van der Waals surface area (Å²) in [6.07, 6.45) is 3.94. The van der Waals surface area contributed by atoms with Crippen molar-refractivity contribution in [2.75, 3.05) is 31.2 Å². The molecule has 1 saturated heterocycles. The summed E-state index contributed by atoms with van der Waals surface area (Å²) in [7, 11) is 0. The first kappa shape index (κ1) is 14.5. The molecule has 0 radical (unpaired) electrons. The first-order chi connectivity index (χ1) is 10.3. The lowest BCUT2D eigenvalue weighted by molar-refractivity contribution is 0.288. The molecule has 0 spiro atoms. The molecule has 2 fully saturated rings. The predicted molar refractivity (Wildman–Crippen MR) is 85.6 cm³/mol. The first-order valence-corrected chi connectivity index (χ1v) is 8.20. The number of hydrogen-bond acceptors (Lipinski definition) is 4. The van der Waals surface area contributed by atoms with Crippen LogP contribution >= 0.6 is 0 Å². The zero-order valence-electron chi connectivity index (χ0n) is 13.1. The van der Waals surface area contributed by atoms with Crippen molar-refractivity contribution in [1.29, 1.82) is 0 Å². The van der Waals surface area contributed by atoms with Gasteiger partial charge in [-0.1, -0.05) is 0 Å². The normalized spacial score (nSPS) is 21.6. The second-order valence-corrected chi connectivity index (χ2v) is 5.87. The van der Waals surface area contributed by atoms with Crippen LogP contribution in [0.15, 0.2) is 18.2 Å². The maximum Gasteiger partial charge on any atom is 0.163 e. The van der Waals surface area contributed by atoms with E-state index in [1.54, 1.807) is 0 Å². The predicted octanol–water partition coefficient (Wildman–Crippen LogP) is 2.81. The fourth-order valence-electron chi connectivity index (χ4n) is 2.95. The highest BCUT2D eigenvalue weighted by atomic mass is 16.5. The number of hydrogen-bond donors (Lipinski definition) is 1. The van der Waals surface area contributed by atoms with Gasteiger partial charge >= 0.3 is 0 Å². The molecule has 1 aromatic carbocycles. The molecule has 1 aromatic rings. The summed E-state index contributed by atoms with van der Waals surface area (Å²) in [5.74, 6) is 1.70. The van der Waals surface area contributed by atoms with Crippen LogP contribution in [0, 0.1) is 0 Å². The van der Waals surface area contributed by atoms with E-state index in [1.165, 1.54) is 24.9 Å². The fraction of sp³-hybridized carbons (Fsp3) is 0.647. The molecule has 1 aliphatic carbocycles. The monoisotopic (exact) mass is 290 g/mol. The van der Waals surface area contributed by atoms with Crippen molar-refractivity contribution in [3.05, 3.63) is 18.2 Å². The van der Waals surface area contributed by atoms with Crippen molar-refractivity contribution in [2.45, 2.75) is 45.2 Å². The van der Waals surface area contributed by atoms with Crippen LogP contribution in [0.5, 0.6) is 11.5 Å². The Balaban J connectivity index is 1.68. The molecule has 0 aromatic heterocycles. The second kappa shape index (κ2) is 6.56. The van der Waals surface area contributed by atoms with E-state index >= 15 is 0 Å². The minimum atomic E-state index is 0.639. The Morgan fingerprint density at radius 2 is 1.81 bits per heavy atom. The Hall–Kier alpha value is -1.42. The number of anilines is 1. The van der Waals surface area contributed by atoms with Crippen molar-refractivity contribution >= 4 is 5.69 Å². The van der Waals surface area contributed by atoms with Crippen LogP contribution < -0.4 is 19.7 Å². The van der Waals surface area contributed by atoms with Crippen LogP contribution in [0.1, 0.15) is 33.1 Å². The molecule has 1 unspecified atom stereocenters. The molecule has 116 valence electrons. The van der Waals surface area contributed by atoms with E-state index in [-0.39, 0.29) is 0 Å². The molecule has 4 nitrogen and oxygen atoms in total. The van der Waals surface area contributed by atoms with Crippen LogP contribution in [0.25, 0.3) is 0 Å². The topological polar surface area (TPSA) is 33.7 Å². The molecule has 1 aliphatic heterocycles. The smallest absolute Gasteiger partial charge is 0.163 e. The van der Waals surface area contributed by atoms with Gasteiger partial charge in [0.05, 0.1) is 13.2 Å². The van der Waals surface area contributed by atoms with Crippen molar-refractivity contribution in [3.8, 4) is 11.5 Å². The summed E-state index contributed by atoms with van der Waals surface area (Å²) in [6.45, 7) is 7.54. The van der Waals surface area contributed by atoms with Gasteiger partial charge in [-0.15, -0.1) is 0 Å². The van der Waals surface area contributed by atoms with Gasteiger partial charge in [0.15, 0.2) is 11.5 Å². The minimum Gasteiger partial charge on any atom is -0.490 e. The van der Waals surface area contributed by atoms with E-state index < -0.39 is 0 Å². The lowest BCUT2D eigenvalue weighted by atomic mass is 10.2. The van der Waals surface area contributed by atoms with Crippen LogP contribution in [-0.2, 0) is 0 Å². The van der Waals surface area contributed by atoms with Crippen molar-refractivity contribution in [3.63, 3.8) is 0 Å². The largest absolute Gasteiger partial charge is 0.490 e. The van der Waals surface area contributed by atoms with Crippen molar-refractivity contribution < 1.29 is 9.47 Å². The molecule has 1 saturated carbocycles. The number of rotatable bonds is 7. The summed E-state index contributed by atoms with van der Waals surface area (Å²) in [6, 6.07) is 7.72. The third-order valence-electron chi connectivity index (χ3n) is 4.13. The van der Waals surface area contributed by atoms with Gasteiger partial charge in [-0.05, 0) is 45.2 Å². The molecule has 0 amide bonds. The van der Waals surface area contributed by atoms with E-state index in [0.717, 1.165) is 30.6 Å². The Kier molecular flexibility index (Phi) is 4.54. The SMILES string of the molecule is CCOc1ccc(N2CCC(NC3CC3)C2)cc1OCC. The van der Waals surface area contributed by atoms with Crippen LogP contribution in [0.4, 0.5) is 5.69 Å². The van der Waals surface area contributed by atoms with Crippen LogP contribution in [0.2, 0.25) is 0 Å². The zero-order chi connectivity index (χ0) is 14.7. The zero-order valence-corrected chi connectivity index (χ0v) is 13.1. The third kappa shape index (κ3) is 3.62. The van der Waals surface area contributed by atoms with Crippen LogP contribution in [-0.4, -0.2) is 38.4 Å². The Bertz CT molecular complexity index is 474. The van der Waals surface area contributed by atoms with E-state index in [9.17, 15) is 0 Å². The van der Waals surface area contributed by atoms with E-state index in [2.05, 4.69) is 22.3 Å². The van der Waals surface area contributed by atoms with Crippen molar-refractivity contribution in [1.82, 2.24) is 5.32 Å². The number of nitrogens with one attached hydrogen (secondary N) is 1. The molecule has 1 heterocycles. The summed E-state index contributed by atoms with van der Waals surface area (Å²) < 4.78 is 11.4. The average molecular weight is 290 g/mol. The van der Waals surface area contributed by atoms with Gasteiger partial charge in [-0.25, -0.2) is 0 Å². The summed E-state index contributed by atoms with van der Waals surface area (Å²) in [5.41, 5.74) is 1.24. The molecule has 1 atom stereocenters. The lowest BCUT2D eigenvalue weighted by Gasteiger charge is -2.21. The van der Waals surface area contributed by atoms with E-state index in [4.69, 9.17) is 9.47 Å². The molecule has 1 N–H and O–H groups in total. The van der Waals surface area contributed by atoms with Gasteiger partial charge in [0.1, 0.15) is 0 Å². The molecule has 2 aliphatic rings. The molecule has 21 heavy (non-hydrogen) atoms. The average Bonchev–Trinajstić information content (AvgIpc) is 3.17. The highest BCUT2D eigenvalue weighted by molar-refractivity contribution is 5.57. The molecular formula is C17H26N2O2. The standard InChI is InChI=1S/C17H26N2O2/c1-3-20-16-8-7-15(11-17(16)21-4-2)19-10-9-14(12-19)18-13-5-6-13/h7-8,11,13-14,18H,3-6,9-10,12H2,1-2H3. The molecule has 4 heteroatoms. The lowest BCUT2D eigenvalue weighted by Crippen LogP contribution is -2.33. The first-order valence-electron chi connectivity index (χ1n) is 8.20. The summed E-state index contributed by atoms with van der Waals surface area (Å²) in [5, 5.41) is 3.73. The quantitative estimate of drug-likeness (QED) is 0.837. The van der Waals surface area contributed by atoms with Gasteiger partial charge in [0, 0.05) is 36.9 Å². The molecule has 0 bridgehead atoms. The van der Waals surface area contributed by atoms with Gasteiger partial charge in [0.2, 0.25) is 0 Å². The van der Waals surface area contributed by atoms with Crippen LogP contribution in [0.3, 0.4) is 0 Å². The maximum absolute atomic E-state index is 5.72. The Morgan fingerprint density at radius 3 is 2.52 bits per heavy atom. The highest BCUT2D eigenvalue weighted by Gasteiger charge is 2.29. The van der Waals surface area contributed by atoms with Crippen molar-refractivity contribution in [2.24, 2.45) is 0 Å². The molecule has 3 rings (SSSR count). The minimum absolute atomic E-state index is 0.639. The van der Waals surface area contributed by atoms with Gasteiger partial charge in [-0.3, -0.25) is 0 Å². The Labute approximate surface area is 127 Å². The maximum atomic E-state index is 5.72. The Morgan fingerprint density at radius 1 is 1.05 bits per heavy atom. The third-order valence-corrected chi connectivity index (χ3v) is 4.13. The number of benzene rings is 1. The number of ether oxygens (including phenoxy) is 2. The van der Waals surface area contributed by atoms with E-state index in [0.29, 0.717) is 19.3 Å². The summed E-state index contributed by atoms with van der Waals surface area (Å²) in [4.78, 5) is 2.44. The van der Waals surface area contributed by atoms with E-state index in [1.807, 2.05) is 19.9 Å². The van der Waals surface area contributed by atoms with Gasteiger partial charge in [0.25, 0.3) is 0 Å². The second-order valence-electron chi connectivity index (χ2n) is 5.87. The molecular weight excluding hydrogens is 264 g/mol. The highest BCUT2D eigenvalue weighted by Crippen LogP contribution is 2.33. The summed E-state index contributed by atoms with van der Waals surface area (Å²) >= 11 is 0.